The number of carboxylic acids is 1. The maximum Gasteiger partial charge on any atom is 0.345 e. The molecule has 134 valence electrons. The van der Waals surface area contributed by atoms with E-state index < -0.39 is 5.97 Å². The van der Waals surface area contributed by atoms with E-state index in [-0.39, 0.29) is 16.4 Å². The van der Waals surface area contributed by atoms with E-state index in [1.165, 1.54) is 31.0 Å². The fraction of sp³-hybridized carbons (Fsp3) is 0.176. The molecule has 0 aliphatic rings. The first kappa shape index (κ1) is 18.6. The lowest BCUT2D eigenvalue weighted by molar-refractivity contribution is 0.0702. The van der Waals surface area contributed by atoms with E-state index in [0.29, 0.717) is 37.4 Å². The van der Waals surface area contributed by atoms with Gasteiger partial charge in [0, 0.05) is 0 Å². The summed E-state index contributed by atoms with van der Waals surface area (Å²) in [4.78, 5) is 32.6. The fourth-order valence-corrected chi connectivity index (χ4v) is 4.54. The third kappa shape index (κ3) is 3.67. The van der Waals surface area contributed by atoms with Crippen molar-refractivity contribution >= 4 is 57.4 Å². The zero-order valence-corrected chi connectivity index (χ0v) is 16.2. The molecule has 1 N–H and O–H groups in total. The minimum Gasteiger partial charge on any atom is -0.495 e. The summed E-state index contributed by atoms with van der Waals surface area (Å²) in [6.45, 7) is 1.77. The number of rotatable bonds is 6. The van der Waals surface area contributed by atoms with E-state index in [9.17, 15) is 9.59 Å². The summed E-state index contributed by atoms with van der Waals surface area (Å²) >= 11 is 8.60. The molecule has 0 fully saturated rings. The topological polar surface area (TPSA) is 89.4 Å². The van der Waals surface area contributed by atoms with Crippen LogP contribution in [0.2, 0.25) is 5.02 Å². The van der Waals surface area contributed by atoms with Gasteiger partial charge in [-0.25, -0.2) is 14.8 Å². The number of methoxy groups -OCH3 is 1. The van der Waals surface area contributed by atoms with Gasteiger partial charge in [0.15, 0.2) is 5.78 Å². The van der Waals surface area contributed by atoms with Gasteiger partial charge in [-0.1, -0.05) is 23.4 Å². The zero-order valence-electron chi connectivity index (χ0n) is 13.8. The van der Waals surface area contributed by atoms with Gasteiger partial charge in [-0.15, -0.1) is 11.3 Å². The van der Waals surface area contributed by atoms with E-state index in [0.717, 1.165) is 11.3 Å². The summed E-state index contributed by atoms with van der Waals surface area (Å²) in [5.74, 6) is -0.0328. The van der Waals surface area contributed by atoms with Crippen molar-refractivity contribution in [2.45, 2.75) is 11.9 Å². The Hall–Kier alpha value is -2.16. The summed E-state index contributed by atoms with van der Waals surface area (Å²) in [5, 5.41) is 10.6. The van der Waals surface area contributed by atoms with E-state index in [2.05, 4.69) is 9.97 Å². The highest BCUT2D eigenvalue weighted by atomic mass is 35.5. The van der Waals surface area contributed by atoms with Crippen LogP contribution in [-0.4, -0.2) is 39.7 Å². The number of carbonyl (C=O) groups excluding carboxylic acids is 1. The number of benzene rings is 1. The van der Waals surface area contributed by atoms with Gasteiger partial charge >= 0.3 is 5.97 Å². The largest absolute Gasteiger partial charge is 0.495 e. The lowest BCUT2D eigenvalue weighted by Crippen LogP contribution is -2.02. The molecule has 0 spiro atoms. The maximum absolute atomic E-state index is 12.4. The first-order chi connectivity index (χ1) is 12.4. The SMILES string of the molecule is COc1ccc2nc(C)nc(SCC(=O)c3ccc(C(=O)O)s3)c2c1Cl. The van der Waals surface area contributed by atoms with Crippen LogP contribution < -0.4 is 4.74 Å². The van der Waals surface area contributed by atoms with Gasteiger partial charge < -0.3 is 9.84 Å². The van der Waals surface area contributed by atoms with Crippen LogP contribution >= 0.6 is 34.7 Å². The van der Waals surface area contributed by atoms with Crippen molar-refractivity contribution in [1.82, 2.24) is 9.97 Å². The number of hydrogen-bond donors (Lipinski definition) is 1. The number of aromatic nitrogens is 2. The Morgan fingerprint density at radius 3 is 2.62 bits per heavy atom. The minimum atomic E-state index is -1.04. The number of carboxylic acid groups (broad SMARTS) is 1. The number of Topliss-reactive ketones (excluding diaryl/α,β-unsaturated/α-hetero) is 1. The Morgan fingerprint density at radius 2 is 1.96 bits per heavy atom. The van der Waals surface area contributed by atoms with Crippen LogP contribution in [0.5, 0.6) is 5.75 Å². The molecule has 0 saturated heterocycles. The van der Waals surface area contributed by atoms with Crippen molar-refractivity contribution in [3.8, 4) is 5.75 Å². The molecule has 0 radical (unpaired) electrons. The molecule has 0 unspecified atom stereocenters. The van der Waals surface area contributed by atoms with Crippen molar-refractivity contribution in [3.63, 3.8) is 0 Å². The number of hydrogen-bond acceptors (Lipinski definition) is 7. The summed E-state index contributed by atoms with van der Waals surface area (Å²) < 4.78 is 5.24. The normalized spacial score (nSPS) is 10.9. The number of aromatic carboxylic acids is 1. The third-order valence-electron chi connectivity index (χ3n) is 3.50. The number of halogens is 1. The molecule has 2 heterocycles. The Bertz CT molecular complexity index is 1020. The highest BCUT2D eigenvalue weighted by molar-refractivity contribution is 8.00. The number of nitrogens with zero attached hydrogens (tertiary/aromatic N) is 2. The maximum atomic E-state index is 12.4. The average molecular weight is 409 g/mol. The van der Waals surface area contributed by atoms with Gasteiger partial charge in [0.25, 0.3) is 0 Å². The molecule has 0 aliphatic carbocycles. The molecule has 3 rings (SSSR count). The van der Waals surface area contributed by atoms with Gasteiger partial charge in [-0.2, -0.15) is 0 Å². The molecule has 3 aromatic rings. The van der Waals surface area contributed by atoms with Crippen LogP contribution in [0.25, 0.3) is 10.9 Å². The van der Waals surface area contributed by atoms with Crippen molar-refractivity contribution in [1.29, 1.82) is 0 Å². The van der Waals surface area contributed by atoms with Crippen LogP contribution in [0.3, 0.4) is 0 Å². The number of carbonyl (C=O) groups is 2. The first-order valence-electron chi connectivity index (χ1n) is 7.40. The molecule has 0 bridgehead atoms. The van der Waals surface area contributed by atoms with Crippen molar-refractivity contribution in [2.24, 2.45) is 0 Å². The van der Waals surface area contributed by atoms with E-state index in [1.54, 1.807) is 19.1 Å². The second-order valence-electron chi connectivity index (χ2n) is 5.23. The van der Waals surface area contributed by atoms with E-state index >= 15 is 0 Å². The second-order valence-corrected chi connectivity index (χ2v) is 7.66. The van der Waals surface area contributed by atoms with Crippen LogP contribution in [-0.2, 0) is 0 Å². The van der Waals surface area contributed by atoms with Crippen LogP contribution in [0.15, 0.2) is 29.3 Å². The second kappa shape index (κ2) is 7.61. The quantitative estimate of drug-likeness (QED) is 0.368. The van der Waals surface area contributed by atoms with Crippen LogP contribution in [0, 0.1) is 6.92 Å². The highest BCUT2D eigenvalue weighted by Crippen LogP contribution is 2.37. The summed E-state index contributed by atoms with van der Waals surface area (Å²) in [5.41, 5.74) is 0.669. The molecule has 0 atom stereocenters. The Morgan fingerprint density at radius 1 is 1.23 bits per heavy atom. The zero-order chi connectivity index (χ0) is 18.8. The number of thioether (sulfide) groups is 1. The third-order valence-corrected chi connectivity index (χ3v) is 5.96. The van der Waals surface area contributed by atoms with E-state index in [1.807, 2.05) is 0 Å². The molecule has 2 aromatic heterocycles. The first-order valence-corrected chi connectivity index (χ1v) is 9.58. The number of ether oxygens (including phenoxy) is 1. The lowest BCUT2D eigenvalue weighted by atomic mass is 10.2. The van der Waals surface area contributed by atoms with Gasteiger partial charge in [0.1, 0.15) is 21.5 Å². The van der Waals surface area contributed by atoms with Crippen molar-refractivity contribution < 1.29 is 19.4 Å². The molecule has 9 heteroatoms. The standard InChI is InChI=1S/C17H13ClN2O4S2/c1-8-19-9-3-4-11(24-2)15(18)14(9)16(20-8)25-7-10(21)12-5-6-13(26-12)17(22)23/h3-6H,7H2,1-2H3,(H,22,23). The molecule has 0 saturated carbocycles. The number of aryl methyl sites for hydroxylation is 1. The van der Waals surface area contributed by atoms with Crippen LogP contribution in [0.1, 0.15) is 25.2 Å². The smallest absolute Gasteiger partial charge is 0.345 e. The van der Waals surface area contributed by atoms with Crippen molar-refractivity contribution in [2.75, 3.05) is 12.9 Å². The molecule has 0 aliphatic heterocycles. The molecule has 26 heavy (non-hydrogen) atoms. The summed E-state index contributed by atoms with van der Waals surface area (Å²) in [6.07, 6.45) is 0. The average Bonchev–Trinajstić information content (AvgIpc) is 3.10. The fourth-order valence-electron chi connectivity index (χ4n) is 2.32. The number of ketones is 1. The Balaban J connectivity index is 1.90. The van der Waals surface area contributed by atoms with Gasteiger partial charge in [0.2, 0.25) is 0 Å². The van der Waals surface area contributed by atoms with Gasteiger partial charge in [0.05, 0.1) is 33.7 Å². The van der Waals surface area contributed by atoms with Crippen LogP contribution in [0.4, 0.5) is 0 Å². The van der Waals surface area contributed by atoms with Crippen molar-refractivity contribution in [3.05, 3.63) is 44.9 Å². The predicted molar refractivity (Wildman–Crippen MR) is 102 cm³/mol. The summed E-state index contributed by atoms with van der Waals surface area (Å²) in [7, 11) is 1.52. The monoisotopic (exact) mass is 408 g/mol. The molecule has 0 amide bonds. The molecular formula is C17H13ClN2O4S2. The molecule has 1 aromatic carbocycles. The van der Waals surface area contributed by atoms with Gasteiger partial charge in [-0.3, -0.25) is 4.79 Å². The Kier molecular flexibility index (Phi) is 5.45. The predicted octanol–water partition coefficient (Wildman–Crippen LogP) is 4.33. The molecule has 6 nitrogen and oxygen atoms in total. The number of fused-ring (bicyclic) bond motifs is 1. The van der Waals surface area contributed by atoms with Gasteiger partial charge in [-0.05, 0) is 31.2 Å². The summed E-state index contributed by atoms with van der Waals surface area (Å²) in [6, 6.07) is 6.47. The van der Waals surface area contributed by atoms with E-state index in [4.69, 9.17) is 21.4 Å². The minimum absolute atomic E-state index is 0.110. The highest BCUT2D eigenvalue weighted by Gasteiger charge is 2.17. The number of thiophene rings is 1. The Labute approximate surface area is 162 Å². The molecular weight excluding hydrogens is 396 g/mol. The lowest BCUT2D eigenvalue weighted by Gasteiger charge is -2.10.